The summed E-state index contributed by atoms with van der Waals surface area (Å²) in [7, 11) is 3.34. The van der Waals surface area contributed by atoms with Gasteiger partial charge >= 0.3 is 0 Å². The van der Waals surface area contributed by atoms with Gasteiger partial charge in [0.05, 0.1) is 0 Å². The van der Waals surface area contributed by atoms with Crippen LogP contribution >= 0.6 is 0 Å². The molecule has 1 aromatic rings. The normalized spacial score (nSPS) is 11.1. The molecule has 0 saturated heterocycles. The van der Waals surface area contributed by atoms with Gasteiger partial charge in [-0.15, -0.1) is 0 Å². The molecule has 5 heteroatoms. The van der Waals surface area contributed by atoms with Gasteiger partial charge in [-0.05, 0) is 25.8 Å². The van der Waals surface area contributed by atoms with E-state index in [1.54, 1.807) is 32.9 Å². The van der Waals surface area contributed by atoms with E-state index in [-0.39, 0.29) is 11.8 Å². The molecule has 0 aromatic heterocycles. The Morgan fingerprint density at radius 2 is 1.86 bits per heavy atom. The van der Waals surface area contributed by atoms with Crippen molar-refractivity contribution in [3.05, 3.63) is 35.9 Å². The van der Waals surface area contributed by atoms with Crippen LogP contribution < -0.4 is 5.32 Å². The molecule has 0 aliphatic heterocycles. The Hall–Kier alpha value is -1.88. The lowest BCUT2D eigenvalue weighted by Gasteiger charge is -2.28. The Morgan fingerprint density at radius 1 is 1.23 bits per heavy atom. The molecular weight excluding hydrogens is 280 g/mol. The molecule has 1 rings (SSSR count). The second-order valence-corrected chi connectivity index (χ2v) is 5.87. The molecule has 2 amide bonds. The van der Waals surface area contributed by atoms with Crippen molar-refractivity contribution in [3.8, 4) is 0 Å². The lowest BCUT2D eigenvalue weighted by atomic mass is 9.90. The van der Waals surface area contributed by atoms with Crippen molar-refractivity contribution in [2.24, 2.45) is 5.41 Å². The van der Waals surface area contributed by atoms with E-state index in [0.717, 1.165) is 12.0 Å². The fraction of sp³-hybridized carbons (Fsp3) is 0.529. The van der Waals surface area contributed by atoms with E-state index >= 15 is 0 Å². The topological polar surface area (TPSA) is 58.6 Å². The van der Waals surface area contributed by atoms with Gasteiger partial charge < -0.3 is 15.0 Å². The van der Waals surface area contributed by atoms with Gasteiger partial charge in [0.1, 0.15) is 5.41 Å². The first-order chi connectivity index (χ1) is 10.4. The van der Waals surface area contributed by atoms with Crippen LogP contribution in [-0.2, 0) is 20.9 Å². The number of hydrogen-bond acceptors (Lipinski definition) is 3. The molecule has 5 nitrogen and oxygen atoms in total. The number of hydrogen-bond donors (Lipinski definition) is 1. The maximum atomic E-state index is 12.5. The molecule has 0 unspecified atom stereocenters. The summed E-state index contributed by atoms with van der Waals surface area (Å²) >= 11 is 0. The maximum absolute atomic E-state index is 12.5. The third-order valence-corrected chi connectivity index (χ3v) is 3.52. The van der Waals surface area contributed by atoms with Crippen molar-refractivity contribution in [3.63, 3.8) is 0 Å². The van der Waals surface area contributed by atoms with E-state index in [1.165, 1.54) is 0 Å². The molecule has 0 aliphatic rings. The van der Waals surface area contributed by atoms with Gasteiger partial charge in [-0.3, -0.25) is 9.59 Å². The Balaban J connectivity index is 2.58. The maximum Gasteiger partial charge on any atom is 0.237 e. The van der Waals surface area contributed by atoms with Crippen molar-refractivity contribution in [2.75, 3.05) is 27.3 Å². The molecule has 0 radical (unpaired) electrons. The van der Waals surface area contributed by atoms with Crippen LogP contribution in [0.5, 0.6) is 0 Å². The SMILES string of the molecule is COCCCNC(=O)C(C)(C)C(=O)N(C)Cc1ccccc1. The molecule has 1 N–H and O–H groups in total. The number of amides is 2. The van der Waals surface area contributed by atoms with Crippen LogP contribution in [0.1, 0.15) is 25.8 Å². The van der Waals surface area contributed by atoms with Crippen LogP contribution in [0.2, 0.25) is 0 Å². The molecule has 1 aromatic carbocycles. The Bertz CT molecular complexity index is 486. The smallest absolute Gasteiger partial charge is 0.237 e. The quantitative estimate of drug-likeness (QED) is 0.589. The predicted octanol–water partition coefficient (Wildman–Crippen LogP) is 1.82. The molecule has 0 saturated carbocycles. The van der Waals surface area contributed by atoms with Gasteiger partial charge in [0, 0.05) is 33.9 Å². The van der Waals surface area contributed by atoms with Crippen LogP contribution in [-0.4, -0.2) is 44.0 Å². The Labute approximate surface area is 132 Å². The van der Waals surface area contributed by atoms with Crippen LogP contribution in [0.25, 0.3) is 0 Å². The van der Waals surface area contributed by atoms with E-state index in [1.807, 2.05) is 30.3 Å². The van der Waals surface area contributed by atoms with E-state index in [9.17, 15) is 9.59 Å². The first-order valence-electron chi connectivity index (χ1n) is 7.46. The molecular formula is C17H26N2O3. The first kappa shape index (κ1) is 18.2. The zero-order valence-electron chi connectivity index (χ0n) is 13.9. The van der Waals surface area contributed by atoms with Crippen LogP contribution in [0.4, 0.5) is 0 Å². The number of benzene rings is 1. The molecule has 0 aliphatic carbocycles. The number of rotatable bonds is 8. The molecule has 22 heavy (non-hydrogen) atoms. The fourth-order valence-corrected chi connectivity index (χ4v) is 2.14. The summed E-state index contributed by atoms with van der Waals surface area (Å²) in [5.74, 6) is -0.450. The van der Waals surface area contributed by atoms with Crippen molar-refractivity contribution < 1.29 is 14.3 Å². The molecule has 0 heterocycles. The van der Waals surface area contributed by atoms with Gasteiger partial charge in [-0.2, -0.15) is 0 Å². The van der Waals surface area contributed by atoms with E-state index in [4.69, 9.17) is 4.74 Å². The monoisotopic (exact) mass is 306 g/mol. The molecule has 0 atom stereocenters. The second-order valence-electron chi connectivity index (χ2n) is 5.87. The third kappa shape index (κ3) is 5.15. The summed E-state index contributed by atoms with van der Waals surface area (Å²) in [6.45, 7) is 4.89. The zero-order valence-corrected chi connectivity index (χ0v) is 13.9. The summed E-state index contributed by atoms with van der Waals surface area (Å²) in [6, 6.07) is 9.72. The van der Waals surface area contributed by atoms with Gasteiger partial charge in [-0.25, -0.2) is 0 Å². The van der Waals surface area contributed by atoms with E-state index in [0.29, 0.717) is 19.7 Å². The predicted molar refractivity (Wildman–Crippen MR) is 86.2 cm³/mol. The highest BCUT2D eigenvalue weighted by Gasteiger charge is 2.37. The minimum atomic E-state index is -1.09. The Kier molecular flexibility index (Phi) is 7.05. The summed E-state index contributed by atoms with van der Waals surface area (Å²) in [5, 5.41) is 2.79. The lowest BCUT2D eigenvalue weighted by molar-refractivity contribution is -0.148. The number of carbonyl (C=O) groups excluding carboxylic acids is 2. The van der Waals surface area contributed by atoms with Crippen LogP contribution in [0.15, 0.2) is 30.3 Å². The standard InChI is InChI=1S/C17H26N2O3/c1-17(2,15(20)18-11-8-12-22-4)16(21)19(3)13-14-9-6-5-7-10-14/h5-7,9-10H,8,11-13H2,1-4H3,(H,18,20). The van der Waals surface area contributed by atoms with Gasteiger partial charge in [-0.1, -0.05) is 30.3 Å². The van der Waals surface area contributed by atoms with Crippen LogP contribution in [0, 0.1) is 5.41 Å². The average Bonchev–Trinajstić information content (AvgIpc) is 2.51. The number of nitrogens with zero attached hydrogens (tertiary/aromatic N) is 1. The first-order valence-corrected chi connectivity index (χ1v) is 7.46. The van der Waals surface area contributed by atoms with E-state index < -0.39 is 5.41 Å². The summed E-state index contributed by atoms with van der Waals surface area (Å²) in [4.78, 5) is 26.4. The Morgan fingerprint density at radius 3 is 2.45 bits per heavy atom. The molecule has 0 bridgehead atoms. The third-order valence-electron chi connectivity index (χ3n) is 3.52. The number of ether oxygens (including phenoxy) is 1. The number of carbonyl (C=O) groups is 2. The molecule has 122 valence electrons. The highest BCUT2D eigenvalue weighted by molar-refractivity contribution is 6.04. The van der Waals surface area contributed by atoms with Crippen molar-refractivity contribution in [1.29, 1.82) is 0 Å². The van der Waals surface area contributed by atoms with Crippen molar-refractivity contribution >= 4 is 11.8 Å². The van der Waals surface area contributed by atoms with Gasteiger partial charge in [0.15, 0.2) is 0 Å². The zero-order chi connectivity index (χ0) is 16.6. The van der Waals surface area contributed by atoms with Gasteiger partial charge in [0.2, 0.25) is 11.8 Å². The van der Waals surface area contributed by atoms with E-state index in [2.05, 4.69) is 5.32 Å². The van der Waals surface area contributed by atoms with Crippen LogP contribution in [0.3, 0.4) is 0 Å². The molecule has 0 spiro atoms. The van der Waals surface area contributed by atoms with Gasteiger partial charge in [0.25, 0.3) is 0 Å². The summed E-state index contributed by atoms with van der Waals surface area (Å²) in [6.07, 6.45) is 0.729. The summed E-state index contributed by atoms with van der Waals surface area (Å²) in [5.41, 5.74) is -0.0500. The van der Waals surface area contributed by atoms with Crippen molar-refractivity contribution in [1.82, 2.24) is 10.2 Å². The summed E-state index contributed by atoms with van der Waals surface area (Å²) < 4.78 is 4.93. The van der Waals surface area contributed by atoms with Crippen molar-refractivity contribution in [2.45, 2.75) is 26.8 Å². The second kappa shape index (κ2) is 8.54. The number of nitrogens with one attached hydrogen (secondary N) is 1. The fourth-order valence-electron chi connectivity index (χ4n) is 2.14. The minimum absolute atomic E-state index is 0.194. The average molecular weight is 306 g/mol. The minimum Gasteiger partial charge on any atom is -0.385 e. The largest absolute Gasteiger partial charge is 0.385 e. The molecule has 0 fully saturated rings. The number of methoxy groups -OCH3 is 1. The highest BCUT2D eigenvalue weighted by Crippen LogP contribution is 2.20. The lowest BCUT2D eigenvalue weighted by Crippen LogP contribution is -2.48. The highest BCUT2D eigenvalue weighted by atomic mass is 16.5.